The molecule has 11 unspecified atom stereocenters. The highest BCUT2D eigenvalue weighted by atomic mass is 16.7. The first-order valence-electron chi connectivity index (χ1n) is 26.9. The van der Waals surface area contributed by atoms with Crippen LogP contribution in [0.1, 0.15) is 181 Å². The quantitative estimate of drug-likeness (QED) is 0.0174. The van der Waals surface area contributed by atoms with E-state index in [1.165, 1.54) is 77.0 Å². The van der Waals surface area contributed by atoms with Crippen molar-refractivity contribution >= 4 is 5.97 Å². The minimum Gasteiger partial charge on any atom is -0.457 e. The molecule has 11 atom stereocenters. The van der Waals surface area contributed by atoms with E-state index in [0.29, 0.717) is 13.0 Å². The zero-order chi connectivity index (χ0) is 50.2. The Balaban J connectivity index is 1.67. The zero-order valence-corrected chi connectivity index (χ0v) is 42.5. The molecule has 0 aromatic rings. The van der Waals surface area contributed by atoms with Crippen molar-refractivity contribution in [1.82, 2.24) is 0 Å². The van der Waals surface area contributed by atoms with Crippen molar-refractivity contribution in [2.75, 3.05) is 33.0 Å². The largest absolute Gasteiger partial charge is 0.457 e. The number of rotatable bonds is 42. The van der Waals surface area contributed by atoms with E-state index in [9.17, 15) is 40.5 Å². The molecule has 0 saturated carbocycles. The fourth-order valence-corrected chi connectivity index (χ4v) is 8.19. The van der Waals surface area contributed by atoms with Crippen LogP contribution in [0.5, 0.6) is 0 Å². The highest BCUT2D eigenvalue weighted by Gasteiger charge is 2.47. The Morgan fingerprint density at radius 1 is 0.493 bits per heavy atom. The average molecular weight is 981 g/mol. The van der Waals surface area contributed by atoms with Gasteiger partial charge in [-0.2, -0.15) is 0 Å². The van der Waals surface area contributed by atoms with E-state index in [2.05, 4.69) is 74.6 Å². The summed E-state index contributed by atoms with van der Waals surface area (Å²) in [5.41, 5.74) is 0. The maximum Gasteiger partial charge on any atom is 0.306 e. The standard InChI is InChI=1S/C55H96O14/c1-3-5-7-9-11-13-14-15-16-17-18-19-20-21-22-23-24-25-26-27-28-29-31-33-35-37-39-64-41-44(67-47(57)38-36-34-32-30-12-10-8-6-4-2)42-65-54-53(63)51(61)49(59)46(69-54)43-66-55-52(62)50(60)48(58)45(40-56)68-55/h5,7,11,13,15-16,18-19,21-22,44-46,48-56,58-63H,3-4,6,8-10,12,14,17,20,23-43H2,1-2H3/b7-5-,13-11-,16-15-,19-18-,22-21-. The van der Waals surface area contributed by atoms with Crippen molar-refractivity contribution in [2.45, 2.75) is 248 Å². The second kappa shape index (κ2) is 42.2. The molecule has 2 fully saturated rings. The van der Waals surface area contributed by atoms with Gasteiger partial charge in [-0.15, -0.1) is 0 Å². The van der Waals surface area contributed by atoms with E-state index < -0.39 is 80.7 Å². The molecule has 69 heavy (non-hydrogen) atoms. The fraction of sp³-hybridized carbons (Fsp3) is 0.800. The van der Waals surface area contributed by atoms with Gasteiger partial charge in [0.25, 0.3) is 0 Å². The summed E-state index contributed by atoms with van der Waals surface area (Å²) < 4.78 is 34.2. The van der Waals surface area contributed by atoms with Crippen LogP contribution in [0.25, 0.3) is 0 Å². The van der Waals surface area contributed by atoms with Crippen LogP contribution in [0.15, 0.2) is 60.8 Å². The average Bonchev–Trinajstić information content (AvgIpc) is 3.35. The number of aliphatic hydroxyl groups is 7. The van der Waals surface area contributed by atoms with Gasteiger partial charge in [-0.1, -0.05) is 177 Å². The Hall–Kier alpha value is -2.31. The summed E-state index contributed by atoms with van der Waals surface area (Å²) in [6.07, 6.45) is 34.4. The number of carbonyl (C=O) groups is 1. The lowest BCUT2D eigenvalue weighted by Crippen LogP contribution is -2.61. The van der Waals surface area contributed by atoms with Crippen molar-refractivity contribution in [2.24, 2.45) is 0 Å². The summed E-state index contributed by atoms with van der Waals surface area (Å²) in [6, 6.07) is 0. The molecule has 2 aliphatic rings. The summed E-state index contributed by atoms with van der Waals surface area (Å²) in [6.45, 7) is 3.53. The number of carbonyl (C=O) groups excluding carboxylic acids is 1. The smallest absolute Gasteiger partial charge is 0.306 e. The summed E-state index contributed by atoms with van der Waals surface area (Å²) in [7, 11) is 0. The maximum atomic E-state index is 12.9. The number of allylic oxidation sites excluding steroid dienone is 10. The second-order valence-corrected chi connectivity index (χ2v) is 18.7. The van der Waals surface area contributed by atoms with Crippen LogP contribution in [0.3, 0.4) is 0 Å². The molecule has 0 aromatic heterocycles. The SMILES string of the molecule is CC/C=C\C/C=C\C/C=C\C/C=C\C/C=C\CCCCCCCCCCCCOCC(COC1OC(COC2OC(CO)C(O)C(O)C2O)C(O)C(O)C1O)OC(=O)CCCCCCCCCCC. The van der Waals surface area contributed by atoms with Gasteiger partial charge in [-0.05, 0) is 57.8 Å². The number of hydrogen-bond acceptors (Lipinski definition) is 14. The molecule has 0 radical (unpaired) electrons. The van der Waals surface area contributed by atoms with E-state index in [1.807, 2.05) is 0 Å². The molecule has 0 bridgehead atoms. The molecule has 14 heteroatoms. The number of unbranched alkanes of at least 4 members (excludes halogenated alkanes) is 18. The Bertz CT molecular complexity index is 1370. The molecule has 0 amide bonds. The molecular weight excluding hydrogens is 885 g/mol. The summed E-state index contributed by atoms with van der Waals surface area (Å²) in [5.74, 6) is -0.383. The van der Waals surface area contributed by atoms with Crippen LogP contribution in [0, 0.1) is 0 Å². The molecule has 2 rings (SSSR count). The molecule has 400 valence electrons. The van der Waals surface area contributed by atoms with Gasteiger partial charge in [0.1, 0.15) is 54.9 Å². The van der Waals surface area contributed by atoms with Crippen molar-refractivity contribution < 1.29 is 69.0 Å². The van der Waals surface area contributed by atoms with Gasteiger partial charge < -0.3 is 64.2 Å². The molecule has 2 heterocycles. The molecule has 0 spiro atoms. The van der Waals surface area contributed by atoms with Crippen LogP contribution >= 0.6 is 0 Å². The van der Waals surface area contributed by atoms with Crippen molar-refractivity contribution in [3.05, 3.63) is 60.8 Å². The Morgan fingerprint density at radius 3 is 1.48 bits per heavy atom. The summed E-state index contributed by atoms with van der Waals surface area (Å²) in [4.78, 5) is 12.9. The number of esters is 1. The van der Waals surface area contributed by atoms with E-state index in [1.54, 1.807) is 0 Å². The molecular formula is C55H96O14. The van der Waals surface area contributed by atoms with Crippen LogP contribution in [-0.4, -0.2) is 142 Å². The van der Waals surface area contributed by atoms with Gasteiger partial charge >= 0.3 is 5.97 Å². The lowest BCUT2D eigenvalue weighted by molar-refractivity contribution is -0.332. The Labute approximate surface area is 415 Å². The first-order chi connectivity index (χ1) is 33.6. The summed E-state index contributed by atoms with van der Waals surface area (Å²) >= 11 is 0. The predicted octanol–water partition coefficient (Wildman–Crippen LogP) is 8.52. The third-order valence-electron chi connectivity index (χ3n) is 12.5. The second-order valence-electron chi connectivity index (χ2n) is 18.7. The monoisotopic (exact) mass is 981 g/mol. The van der Waals surface area contributed by atoms with Crippen molar-refractivity contribution in [1.29, 1.82) is 0 Å². The van der Waals surface area contributed by atoms with Gasteiger partial charge in [-0.3, -0.25) is 4.79 Å². The van der Waals surface area contributed by atoms with Gasteiger partial charge in [-0.25, -0.2) is 0 Å². The Kier molecular flexibility index (Phi) is 38.4. The van der Waals surface area contributed by atoms with E-state index in [4.69, 9.17) is 28.4 Å². The molecule has 2 aliphatic heterocycles. The van der Waals surface area contributed by atoms with Crippen LogP contribution in [0.4, 0.5) is 0 Å². The first kappa shape index (κ1) is 62.8. The van der Waals surface area contributed by atoms with E-state index in [-0.39, 0.29) is 25.6 Å². The topological polar surface area (TPSA) is 214 Å². The number of hydrogen-bond donors (Lipinski definition) is 7. The lowest BCUT2D eigenvalue weighted by Gasteiger charge is -2.42. The van der Waals surface area contributed by atoms with E-state index >= 15 is 0 Å². The Morgan fingerprint density at radius 2 is 0.942 bits per heavy atom. The van der Waals surface area contributed by atoms with Gasteiger partial charge in [0.05, 0.1) is 26.4 Å². The van der Waals surface area contributed by atoms with Crippen LogP contribution < -0.4 is 0 Å². The minimum absolute atomic E-state index is 0.0578. The third-order valence-corrected chi connectivity index (χ3v) is 12.5. The van der Waals surface area contributed by atoms with Crippen LogP contribution in [0.2, 0.25) is 0 Å². The van der Waals surface area contributed by atoms with Gasteiger partial charge in [0.15, 0.2) is 12.6 Å². The lowest BCUT2D eigenvalue weighted by atomic mass is 9.98. The van der Waals surface area contributed by atoms with Crippen molar-refractivity contribution in [3.63, 3.8) is 0 Å². The predicted molar refractivity (Wildman–Crippen MR) is 270 cm³/mol. The third kappa shape index (κ3) is 29.7. The maximum absolute atomic E-state index is 12.9. The molecule has 14 nitrogen and oxygen atoms in total. The molecule has 2 saturated heterocycles. The minimum atomic E-state index is -1.71. The normalized spacial score (nSPS) is 26.2. The fourth-order valence-electron chi connectivity index (χ4n) is 8.19. The number of ether oxygens (including phenoxy) is 6. The molecule has 0 aromatic carbocycles. The van der Waals surface area contributed by atoms with Gasteiger partial charge in [0, 0.05) is 13.0 Å². The zero-order valence-electron chi connectivity index (χ0n) is 42.5. The first-order valence-corrected chi connectivity index (χ1v) is 26.9. The molecule has 7 N–H and O–H groups in total. The van der Waals surface area contributed by atoms with Crippen molar-refractivity contribution in [3.8, 4) is 0 Å². The summed E-state index contributed by atoms with van der Waals surface area (Å²) in [5, 5.41) is 72.1. The van der Waals surface area contributed by atoms with Crippen LogP contribution in [-0.2, 0) is 33.2 Å². The van der Waals surface area contributed by atoms with E-state index in [0.717, 1.165) is 77.0 Å². The highest BCUT2D eigenvalue weighted by Crippen LogP contribution is 2.26. The molecule has 0 aliphatic carbocycles. The highest BCUT2D eigenvalue weighted by molar-refractivity contribution is 5.69. The number of aliphatic hydroxyl groups excluding tert-OH is 7. The van der Waals surface area contributed by atoms with Gasteiger partial charge in [0.2, 0.25) is 0 Å².